The molecule has 3 unspecified atom stereocenters. The van der Waals surface area contributed by atoms with Gasteiger partial charge in [-0.15, -0.1) is 0 Å². The van der Waals surface area contributed by atoms with Crippen LogP contribution in [0.25, 0.3) is 5.69 Å². The topological polar surface area (TPSA) is 90.2 Å². The van der Waals surface area contributed by atoms with Gasteiger partial charge in [-0.1, -0.05) is 6.07 Å². The number of halogens is 3. The van der Waals surface area contributed by atoms with E-state index in [1.54, 1.807) is 0 Å². The Balaban J connectivity index is 1.58. The molecule has 1 aliphatic carbocycles. The van der Waals surface area contributed by atoms with Crippen LogP contribution in [0.2, 0.25) is 0 Å². The molecule has 3 atom stereocenters. The van der Waals surface area contributed by atoms with Crippen LogP contribution >= 0.6 is 0 Å². The Morgan fingerprint density at radius 2 is 1.93 bits per heavy atom. The van der Waals surface area contributed by atoms with Gasteiger partial charge in [-0.05, 0) is 61.4 Å². The molecule has 2 aromatic rings. The number of hydrogen-bond acceptors (Lipinski definition) is 5. The van der Waals surface area contributed by atoms with E-state index in [4.69, 9.17) is 11.5 Å². The molecule has 0 radical (unpaired) electrons. The van der Waals surface area contributed by atoms with Crippen molar-refractivity contribution in [3.63, 3.8) is 0 Å². The molecule has 1 aliphatic heterocycles. The number of nitrogen functional groups attached to an aromatic ring is 1. The van der Waals surface area contributed by atoms with Crippen LogP contribution < -0.4 is 17.2 Å². The van der Waals surface area contributed by atoms with Gasteiger partial charge in [-0.2, -0.15) is 18.2 Å². The summed E-state index contributed by atoms with van der Waals surface area (Å²) in [5.41, 5.74) is 10.1. The van der Waals surface area contributed by atoms with Crippen molar-refractivity contribution in [1.82, 2.24) is 14.5 Å². The molecule has 0 spiro atoms. The first-order chi connectivity index (χ1) is 13.7. The molecule has 2 heterocycles. The lowest BCUT2D eigenvalue weighted by Gasteiger charge is -2.28. The maximum absolute atomic E-state index is 13.8. The highest BCUT2D eigenvalue weighted by molar-refractivity contribution is 5.43. The number of benzene rings is 1. The third-order valence-corrected chi connectivity index (χ3v) is 6.31. The smallest absolute Gasteiger partial charge is 0.383 e. The minimum Gasteiger partial charge on any atom is -0.383 e. The summed E-state index contributed by atoms with van der Waals surface area (Å²) in [5.74, 6) is 1.79. The van der Waals surface area contributed by atoms with Gasteiger partial charge < -0.3 is 11.5 Å². The number of rotatable bonds is 5. The number of alkyl halides is 3. The molecule has 1 saturated heterocycles. The first-order valence-corrected chi connectivity index (χ1v) is 9.69. The molecule has 1 saturated carbocycles. The third kappa shape index (κ3) is 3.76. The fourth-order valence-electron chi connectivity index (χ4n) is 4.61. The molecule has 2 fully saturated rings. The van der Waals surface area contributed by atoms with Crippen LogP contribution in [0.3, 0.4) is 0 Å². The Labute approximate surface area is 166 Å². The van der Waals surface area contributed by atoms with Crippen molar-refractivity contribution in [2.75, 3.05) is 25.4 Å². The molecule has 1 aromatic heterocycles. The van der Waals surface area contributed by atoms with Gasteiger partial charge in [-0.25, -0.2) is 4.79 Å². The van der Waals surface area contributed by atoms with E-state index < -0.39 is 17.4 Å². The van der Waals surface area contributed by atoms with Crippen molar-refractivity contribution in [2.24, 2.45) is 23.5 Å². The minimum absolute atomic E-state index is 0.00547. The lowest BCUT2D eigenvalue weighted by atomic mass is 9.98. The van der Waals surface area contributed by atoms with Crippen molar-refractivity contribution in [2.45, 2.75) is 25.6 Å². The van der Waals surface area contributed by atoms with Gasteiger partial charge in [0.25, 0.3) is 0 Å². The van der Waals surface area contributed by atoms with E-state index in [2.05, 4.69) is 9.88 Å². The Kier molecular flexibility index (Phi) is 4.90. The molecule has 1 aromatic carbocycles. The van der Waals surface area contributed by atoms with E-state index in [1.165, 1.54) is 24.4 Å². The van der Waals surface area contributed by atoms with Crippen LogP contribution in [0.5, 0.6) is 0 Å². The van der Waals surface area contributed by atoms with E-state index in [0.717, 1.165) is 23.7 Å². The number of nitrogens with two attached hydrogens (primary N) is 2. The Bertz CT molecular complexity index is 961. The van der Waals surface area contributed by atoms with Crippen LogP contribution in [-0.4, -0.2) is 40.1 Å². The van der Waals surface area contributed by atoms with Crippen LogP contribution in [-0.2, 0) is 12.6 Å². The summed E-state index contributed by atoms with van der Waals surface area (Å²) in [6.07, 6.45) is -2.91. The van der Waals surface area contributed by atoms with Gasteiger partial charge in [0.05, 0.1) is 11.3 Å². The SMILES string of the molecule is CC(Cc1ccc(-n2ccc(N)nc2=O)cc1C(F)(F)F)N1CC2C(CN)C2C1. The van der Waals surface area contributed by atoms with E-state index in [0.29, 0.717) is 24.3 Å². The van der Waals surface area contributed by atoms with Crippen molar-refractivity contribution >= 4 is 5.82 Å². The summed E-state index contributed by atoms with van der Waals surface area (Å²) in [4.78, 5) is 17.8. The third-order valence-electron chi connectivity index (χ3n) is 6.31. The molecular formula is C20H24F3N5O. The van der Waals surface area contributed by atoms with Crippen molar-refractivity contribution in [1.29, 1.82) is 0 Å². The lowest BCUT2D eigenvalue weighted by molar-refractivity contribution is -0.138. The zero-order valence-corrected chi connectivity index (χ0v) is 16.1. The molecule has 0 bridgehead atoms. The molecule has 0 amide bonds. The highest BCUT2D eigenvalue weighted by Crippen LogP contribution is 2.51. The highest BCUT2D eigenvalue weighted by Gasteiger charge is 2.55. The summed E-state index contributed by atoms with van der Waals surface area (Å²) in [6.45, 7) is 4.46. The zero-order valence-electron chi connectivity index (χ0n) is 16.1. The lowest BCUT2D eigenvalue weighted by Crippen LogP contribution is -2.36. The monoisotopic (exact) mass is 407 g/mol. The van der Waals surface area contributed by atoms with E-state index >= 15 is 0 Å². The number of fused-ring (bicyclic) bond motifs is 1. The van der Waals surface area contributed by atoms with Gasteiger partial charge in [0, 0.05) is 25.3 Å². The average Bonchev–Trinajstić information content (AvgIpc) is 3.11. The average molecular weight is 407 g/mol. The summed E-state index contributed by atoms with van der Waals surface area (Å²) >= 11 is 0. The van der Waals surface area contributed by atoms with Crippen LogP contribution in [0.15, 0.2) is 35.3 Å². The van der Waals surface area contributed by atoms with Crippen LogP contribution in [0, 0.1) is 17.8 Å². The quantitative estimate of drug-likeness (QED) is 0.790. The predicted molar refractivity (Wildman–Crippen MR) is 104 cm³/mol. The second-order valence-electron chi connectivity index (χ2n) is 8.08. The number of piperidine rings is 1. The summed E-state index contributed by atoms with van der Waals surface area (Å²) in [6, 6.07) is 5.35. The van der Waals surface area contributed by atoms with E-state index in [1.807, 2.05) is 6.92 Å². The molecule has 6 nitrogen and oxygen atoms in total. The van der Waals surface area contributed by atoms with E-state index in [-0.39, 0.29) is 29.5 Å². The molecule has 4 N–H and O–H groups in total. The maximum Gasteiger partial charge on any atom is 0.416 e. The van der Waals surface area contributed by atoms with Gasteiger partial charge in [0.15, 0.2) is 0 Å². The van der Waals surface area contributed by atoms with Gasteiger partial charge >= 0.3 is 11.9 Å². The largest absolute Gasteiger partial charge is 0.416 e. The molecular weight excluding hydrogens is 383 g/mol. The standard InChI is InChI=1S/C20H24F3N5O/c1-11(27-9-15-14(8-24)16(15)10-27)6-12-2-3-13(7-17(12)20(21,22)23)28-5-4-18(25)26-19(28)29/h2-5,7,11,14-16H,6,8-10,24H2,1H3,(H2,25,26,29). The fourth-order valence-corrected chi connectivity index (χ4v) is 4.61. The van der Waals surface area contributed by atoms with Gasteiger partial charge in [-0.3, -0.25) is 9.47 Å². The van der Waals surface area contributed by atoms with E-state index in [9.17, 15) is 18.0 Å². The molecule has 2 aliphatic rings. The zero-order chi connectivity index (χ0) is 20.9. The Morgan fingerprint density at radius 3 is 2.52 bits per heavy atom. The second-order valence-corrected chi connectivity index (χ2v) is 8.08. The summed E-state index contributed by atoms with van der Waals surface area (Å²) < 4.78 is 42.3. The molecule has 29 heavy (non-hydrogen) atoms. The number of aromatic nitrogens is 2. The molecule has 156 valence electrons. The number of likely N-dealkylation sites (tertiary alicyclic amines) is 1. The Hall–Kier alpha value is -2.39. The molecule has 9 heteroatoms. The maximum atomic E-state index is 13.8. The first-order valence-electron chi connectivity index (χ1n) is 9.69. The molecule has 4 rings (SSSR count). The van der Waals surface area contributed by atoms with Crippen LogP contribution in [0.1, 0.15) is 18.1 Å². The van der Waals surface area contributed by atoms with Crippen LogP contribution in [0.4, 0.5) is 19.0 Å². The fraction of sp³-hybridized carbons (Fsp3) is 0.500. The van der Waals surface area contributed by atoms with Gasteiger partial charge in [0.1, 0.15) is 5.82 Å². The minimum atomic E-state index is -4.52. The highest BCUT2D eigenvalue weighted by atomic mass is 19.4. The second kappa shape index (κ2) is 7.14. The predicted octanol–water partition coefficient (Wildman–Crippen LogP) is 1.90. The van der Waals surface area contributed by atoms with Crippen molar-refractivity contribution in [3.05, 3.63) is 52.1 Å². The number of nitrogens with zero attached hydrogens (tertiary/aromatic N) is 3. The van der Waals surface area contributed by atoms with Crippen molar-refractivity contribution < 1.29 is 13.2 Å². The van der Waals surface area contributed by atoms with Crippen molar-refractivity contribution in [3.8, 4) is 5.69 Å². The van der Waals surface area contributed by atoms with Gasteiger partial charge in [0.2, 0.25) is 0 Å². The summed E-state index contributed by atoms with van der Waals surface area (Å²) in [7, 11) is 0. The first kappa shape index (κ1) is 19.9. The Morgan fingerprint density at radius 1 is 1.24 bits per heavy atom. The summed E-state index contributed by atoms with van der Waals surface area (Å²) in [5, 5.41) is 0. The normalized spacial score (nSPS) is 25.1. The number of anilines is 1. The number of hydrogen-bond donors (Lipinski definition) is 2.